The van der Waals surface area contributed by atoms with Gasteiger partial charge in [0.05, 0.1) is 11.9 Å². The van der Waals surface area contributed by atoms with Crippen molar-refractivity contribution in [2.75, 3.05) is 0 Å². The fraction of sp³-hybridized carbons (Fsp3) is 0.750. The van der Waals surface area contributed by atoms with E-state index in [2.05, 4.69) is 0 Å². The van der Waals surface area contributed by atoms with Crippen molar-refractivity contribution in [2.24, 2.45) is 5.41 Å². The van der Waals surface area contributed by atoms with Crippen molar-refractivity contribution in [1.29, 1.82) is 0 Å². The van der Waals surface area contributed by atoms with Crippen LogP contribution >= 0.6 is 0 Å². The molecule has 0 spiro atoms. The van der Waals surface area contributed by atoms with Crippen LogP contribution < -0.4 is 10.2 Å². The van der Waals surface area contributed by atoms with E-state index >= 15 is 0 Å². The lowest BCUT2D eigenvalue weighted by Crippen LogP contribution is -2.70. The van der Waals surface area contributed by atoms with Crippen molar-refractivity contribution in [3.8, 4) is 0 Å². The molecular weight excluding hydrogens is 503 g/mol. The topological polar surface area (TPSA) is 80.3 Å². The fourth-order valence-corrected chi connectivity index (χ4v) is 2.45. The van der Waals surface area contributed by atoms with Gasteiger partial charge in [0, 0.05) is 6.42 Å². The molecule has 0 radical (unpaired) electrons. The van der Waals surface area contributed by atoms with E-state index in [1.54, 1.807) is 0 Å². The third-order valence-corrected chi connectivity index (χ3v) is 4.19. The first-order valence-corrected chi connectivity index (χ1v) is 8.23. The van der Waals surface area contributed by atoms with E-state index in [1.807, 2.05) is 0 Å². The van der Waals surface area contributed by atoms with Gasteiger partial charge in [0.25, 0.3) is 0 Å². The maximum Gasteiger partial charge on any atom is 0.460 e. The van der Waals surface area contributed by atoms with Gasteiger partial charge in [-0.25, -0.2) is 0 Å². The summed E-state index contributed by atoms with van der Waals surface area (Å²) in [4.78, 5) is 22.2. The summed E-state index contributed by atoms with van der Waals surface area (Å²) in [5.74, 6) is -43.2. The van der Waals surface area contributed by atoms with E-state index in [9.17, 15) is 76.9 Å². The SMILES string of the molecule is CC(C)(C)/C(C(=O)[O-])=C(/CCC(F)(F)C(F)(F)C(F)(F)C(F)(F)C(F)(F)C(F)(F)F)C(=O)[O-]. The molecular formula is C16H13F13O4-2. The first-order chi connectivity index (χ1) is 14.1. The molecule has 0 fully saturated rings. The van der Waals surface area contributed by atoms with Crippen molar-refractivity contribution >= 4 is 11.9 Å². The van der Waals surface area contributed by atoms with Crippen LogP contribution in [0.1, 0.15) is 33.6 Å². The lowest BCUT2D eigenvalue weighted by Gasteiger charge is -2.40. The summed E-state index contributed by atoms with van der Waals surface area (Å²) in [6.45, 7) is 2.84. The Kier molecular flexibility index (Phi) is 7.95. The van der Waals surface area contributed by atoms with E-state index in [0.29, 0.717) is 0 Å². The monoisotopic (exact) mass is 516 g/mol. The number of halogens is 13. The Morgan fingerprint density at radius 1 is 0.606 bits per heavy atom. The highest BCUT2D eigenvalue weighted by molar-refractivity contribution is 5.98. The van der Waals surface area contributed by atoms with E-state index in [-0.39, 0.29) is 0 Å². The molecule has 33 heavy (non-hydrogen) atoms. The third-order valence-electron chi connectivity index (χ3n) is 4.19. The highest BCUT2D eigenvalue weighted by Crippen LogP contribution is 2.60. The molecule has 0 aromatic carbocycles. The van der Waals surface area contributed by atoms with Crippen molar-refractivity contribution in [1.82, 2.24) is 0 Å². The average Bonchev–Trinajstić information content (AvgIpc) is 2.54. The fourth-order valence-electron chi connectivity index (χ4n) is 2.45. The van der Waals surface area contributed by atoms with Gasteiger partial charge in [-0.2, -0.15) is 57.1 Å². The zero-order valence-electron chi connectivity index (χ0n) is 16.5. The van der Waals surface area contributed by atoms with Crippen LogP contribution in [0.5, 0.6) is 0 Å². The molecule has 0 aromatic heterocycles. The van der Waals surface area contributed by atoms with E-state index in [0.717, 1.165) is 20.8 Å². The number of hydrogen-bond donors (Lipinski definition) is 0. The van der Waals surface area contributed by atoms with Gasteiger partial charge in [-0.3, -0.25) is 0 Å². The Morgan fingerprint density at radius 3 is 1.24 bits per heavy atom. The molecule has 0 N–H and O–H groups in total. The van der Waals surface area contributed by atoms with Crippen LogP contribution in [0.15, 0.2) is 11.1 Å². The van der Waals surface area contributed by atoms with Crippen molar-refractivity contribution in [3.05, 3.63) is 11.1 Å². The summed E-state index contributed by atoms with van der Waals surface area (Å²) < 4.78 is 170. The molecule has 4 nitrogen and oxygen atoms in total. The van der Waals surface area contributed by atoms with Crippen molar-refractivity contribution < 1.29 is 76.9 Å². The molecule has 0 aliphatic carbocycles. The first kappa shape index (κ1) is 30.8. The molecule has 0 atom stereocenters. The summed E-state index contributed by atoms with van der Waals surface area (Å²) in [7, 11) is 0. The lowest BCUT2D eigenvalue weighted by atomic mass is 9.81. The number of carboxylic acid groups (broad SMARTS) is 2. The van der Waals surface area contributed by atoms with Gasteiger partial charge in [0.2, 0.25) is 0 Å². The molecule has 0 bridgehead atoms. The molecule has 17 heteroatoms. The van der Waals surface area contributed by atoms with Crippen molar-refractivity contribution in [3.63, 3.8) is 0 Å². The van der Waals surface area contributed by atoms with Crippen LogP contribution in [0.25, 0.3) is 0 Å². The number of carbonyl (C=O) groups excluding carboxylic acids is 2. The second kappa shape index (κ2) is 8.52. The first-order valence-electron chi connectivity index (χ1n) is 8.23. The molecule has 0 aliphatic heterocycles. The van der Waals surface area contributed by atoms with Crippen LogP contribution in [0.4, 0.5) is 57.1 Å². The Labute approximate surface area is 176 Å². The normalized spacial score (nSPS) is 15.9. The Bertz CT molecular complexity index is 804. The predicted molar refractivity (Wildman–Crippen MR) is 76.5 cm³/mol. The molecule has 0 aromatic rings. The Balaban J connectivity index is 6.50. The van der Waals surface area contributed by atoms with Gasteiger partial charge in [-0.15, -0.1) is 0 Å². The predicted octanol–water partition coefficient (Wildman–Crippen LogP) is 3.35. The summed E-state index contributed by atoms with van der Waals surface area (Å²) in [6.07, 6.45) is -12.6. The Morgan fingerprint density at radius 2 is 0.970 bits per heavy atom. The molecule has 194 valence electrons. The second-order valence-electron chi connectivity index (χ2n) is 7.68. The summed E-state index contributed by atoms with van der Waals surface area (Å²) in [5.41, 5.74) is -4.87. The van der Waals surface area contributed by atoms with E-state index in [4.69, 9.17) is 0 Å². The van der Waals surface area contributed by atoms with Gasteiger partial charge in [0.15, 0.2) is 0 Å². The summed E-state index contributed by atoms with van der Waals surface area (Å²) in [6, 6.07) is 0. The Hall–Kier alpha value is -2.23. The van der Waals surface area contributed by atoms with Gasteiger partial charge < -0.3 is 19.8 Å². The van der Waals surface area contributed by atoms with Gasteiger partial charge in [-0.1, -0.05) is 20.8 Å². The van der Waals surface area contributed by atoms with Crippen LogP contribution in [-0.2, 0) is 9.59 Å². The van der Waals surface area contributed by atoms with Gasteiger partial charge in [-0.05, 0) is 23.0 Å². The van der Waals surface area contributed by atoms with Crippen LogP contribution in [0.3, 0.4) is 0 Å². The number of rotatable bonds is 9. The maximum absolute atomic E-state index is 13.8. The molecule has 0 amide bonds. The standard InChI is InChI=1S/C16H15F13O4/c1-10(2,3)7(9(32)33)6(8(30)31)4-5-11(17,18)12(19,20)13(21,22)14(23,24)15(25,26)16(27,28)29/h4-5H2,1-3H3,(H,30,31)(H,32,33)/p-2/b7-6-. The average molecular weight is 516 g/mol. The van der Waals surface area contributed by atoms with Gasteiger partial charge >= 0.3 is 35.8 Å². The maximum atomic E-state index is 13.8. The zero-order chi connectivity index (χ0) is 27.2. The lowest BCUT2D eigenvalue weighted by molar-refractivity contribution is -0.440. The molecule has 0 unspecified atom stereocenters. The van der Waals surface area contributed by atoms with Crippen LogP contribution in [0, 0.1) is 5.41 Å². The molecule has 0 aliphatic rings. The minimum Gasteiger partial charge on any atom is -0.545 e. The zero-order valence-corrected chi connectivity index (χ0v) is 16.5. The summed E-state index contributed by atoms with van der Waals surface area (Å²) >= 11 is 0. The quantitative estimate of drug-likeness (QED) is 0.348. The number of carbonyl (C=O) groups is 2. The number of carboxylic acids is 2. The molecule has 0 heterocycles. The molecule has 0 saturated heterocycles. The largest absolute Gasteiger partial charge is 0.545 e. The third kappa shape index (κ3) is 5.15. The smallest absolute Gasteiger partial charge is 0.460 e. The highest BCUT2D eigenvalue weighted by atomic mass is 19.4. The van der Waals surface area contributed by atoms with E-state index in [1.165, 1.54) is 0 Å². The summed E-state index contributed by atoms with van der Waals surface area (Å²) in [5, 5.41) is 22.2. The van der Waals surface area contributed by atoms with Crippen LogP contribution in [0.2, 0.25) is 0 Å². The molecule has 0 rings (SSSR count). The number of aliphatic carboxylic acids is 2. The minimum absolute atomic E-state index is 0.946. The van der Waals surface area contributed by atoms with Crippen molar-refractivity contribution in [2.45, 2.75) is 69.4 Å². The van der Waals surface area contributed by atoms with Crippen LogP contribution in [-0.4, -0.2) is 47.7 Å². The molecule has 0 saturated carbocycles. The second-order valence-corrected chi connectivity index (χ2v) is 7.68. The van der Waals surface area contributed by atoms with E-state index < -0.39 is 77.1 Å². The number of alkyl halides is 13. The minimum atomic E-state index is -8.10. The number of hydrogen-bond acceptors (Lipinski definition) is 4. The highest BCUT2D eigenvalue weighted by Gasteiger charge is 2.90. The van der Waals surface area contributed by atoms with Gasteiger partial charge in [0.1, 0.15) is 0 Å².